The monoisotopic (exact) mass is 354 g/mol. The lowest BCUT2D eigenvalue weighted by Crippen LogP contribution is -2.52. The molecule has 138 valence electrons. The van der Waals surface area contributed by atoms with Crippen molar-refractivity contribution in [2.24, 2.45) is 11.8 Å². The second-order valence-electron chi connectivity index (χ2n) is 7.52. The number of fused-ring (bicyclic) bond motifs is 5. The van der Waals surface area contributed by atoms with Gasteiger partial charge in [-0.15, -0.1) is 0 Å². The van der Waals surface area contributed by atoms with E-state index in [1.165, 1.54) is 5.57 Å². The van der Waals surface area contributed by atoms with E-state index in [-0.39, 0.29) is 30.3 Å². The molecular weight excluding hydrogens is 328 g/mol. The molecule has 0 amide bonds. The number of hydrogen-bond donors (Lipinski definition) is 2. The molecule has 26 heavy (non-hydrogen) atoms. The maximum absolute atomic E-state index is 13.1. The van der Waals surface area contributed by atoms with Gasteiger partial charge in [-0.2, -0.15) is 0 Å². The smallest absolute Gasteiger partial charge is 0.179 e. The number of likely N-dealkylation sites (tertiary alicyclic amines) is 1. The van der Waals surface area contributed by atoms with E-state index >= 15 is 0 Å². The topological polar surface area (TPSA) is 65.6 Å². The van der Waals surface area contributed by atoms with Gasteiger partial charge in [0, 0.05) is 42.4 Å². The first-order valence-electron chi connectivity index (χ1n) is 9.25. The van der Waals surface area contributed by atoms with E-state index in [1.54, 1.807) is 7.11 Å². The highest BCUT2D eigenvalue weighted by molar-refractivity contribution is 6.03. The Hall–Kier alpha value is -2.11. The molecule has 4 rings (SSSR count). The van der Waals surface area contributed by atoms with Crippen LogP contribution in [0.2, 0.25) is 0 Å². The molecule has 1 fully saturated rings. The number of piperidine rings is 1. The molecule has 1 aliphatic carbocycles. The van der Waals surface area contributed by atoms with Crippen molar-refractivity contribution < 1.29 is 14.6 Å². The van der Waals surface area contributed by atoms with E-state index in [2.05, 4.69) is 23.0 Å². The number of H-pyrrole nitrogens is 1. The van der Waals surface area contributed by atoms with Crippen LogP contribution in [0.25, 0.3) is 10.9 Å². The minimum atomic E-state index is 0.0765. The summed E-state index contributed by atoms with van der Waals surface area (Å²) >= 11 is 0. The van der Waals surface area contributed by atoms with Gasteiger partial charge in [0.05, 0.1) is 12.8 Å². The SMILES string of the molecule is CC=C1CN(C)[C@H]2Cc3c([nH]c4ccc(OC)cc34)C(=O)C[C@H]1C2CO. The third-order valence-corrected chi connectivity index (χ3v) is 6.28. The van der Waals surface area contributed by atoms with Gasteiger partial charge < -0.3 is 14.8 Å². The summed E-state index contributed by atoms with van der Waals surface area (Å²) in [5.74, 6) is 1.12. The summed E-state index contributed by atoms with van der Waals surface area (Å²) in [4.78, 5) is 18.8. The molecule has 2 aliphatic rings. The van der Waals surface area contributed by atoms with Crippen LogP contribution in [0.15, 0.2) is 29.8 Å². The lowest BCUT2D eigenvalue weighted by atomic mass is 9.71. The van der Waals surface area contributed by atoms with Crippen LogP contribution in [0.4, 0.5) is 0 Å². The van der Waals surface area contributed by atoms with Crippen molar-refractivity contribution >= 4 is 16.7 Å². The highest BCUT2D eigenvalue weighted by Gasteiger charge is 2.42. The number of aliphatic hydroxyl groups excluding tert-OH is 1. The van der Waals surface area contributed by atoms with Crippen molar-refractivity contribution in [1.29, 1.82) is 0 Å². The second-order valence-corrected chi connectivity index (χ2v) is 7.52. The number of carbonyl (C=O) groups excluding carboxylic acids is 1. The molecule has 2 aromatic rings. The number of likely N-dealkylation sites (N-methyl/N-ethyl adjacent to an activating group) is 1. The number of aliphatic hydroxyl groups is 1. The molecule has 1 aromatic carbocycles. The largest absolute Gasteiger partial charge is 0.497 e. The number of rotatable bonds is 2. The minimum absolute atomic E-state index is 0.0765. The van der Waals surface area contributed by atoms with Gasteiger partial charge in [0.1, 0.15) is 5.75 Å². The Kier molecular flexibility index (Phi) is 4.37. The fourth-order valence-electron chi connectivity index (χ4n) is 4.85. The number of ether oxygens (including phenoxy) is 1. The number of aromatic amines is 1. The molecule has 1 saturated heterocycles. The molecule has 0 radical (unpaired) electrons. The van der Waals surface area contributed by atoms with Gasteiger partial charge in [0.25, 0.3) is 0 Å². The van der Waals surface area contributed by atoms with Crippen molar-refractivity contribution in [3.8, 4) is 5.75 Å². The number of Topliss-reactive ketones (excluding diaryl/α,β-unsaturated/α-hetero) is 1. The Morgan fingerprint density at radius 3 is 2.88 bits per heavy atom. The van der Waals surface area contributed by atoms with Crippen LogP contribution in [-0.4, -0.2) is 54.1 Å². The minimum Gasteiger partial charge on any atom is -0.497 e. The first-order valence-corrected chi connectivity index (χ1v) is 9.25. The number of ketones is 1. The average Bonchev–Trinajstić information content (AvgIpc) is 3.00. The highest BCUT2D eigenvalue weighted by Crippen LogP contribution is 2.41. The molecule has 5 nitrogen and oxygen atoms in total. The predicted octanol–water partition coefficient (Wildman–Crippen LogP) is 2.79. The van der Waals surface area contributed by atoms with Crippen LogP contribution >= 0.6 is 0 Å². The van der Waals surface area contributed by atoms with Crippen molar-refractivity contribution in [2.45, 2.75) is 25.8 Å². The molecule has 2 bridgehead atoms. The molecule has 2 N–H and O–H groups in total. The molecule has 1 aliphatic heterocycles. The van der Waals surface area contributed by atoms with Gasteiger partial charge in [0.15, 0.2) is 5.78 Å². The zero-order chi connectivity index (χ0) is 18.4. The van der Waals surface area contributed by atoms with E-state index in [9.17, 15) is 9.90 Å². The van der Waals surface area contributed by atoms with E-state index in [0.717, 1.165) is 40.9 Å². The highest BCUT2D eigenvalue weighted by atomic mass is 16.5. The predicted molar refractivity (Wildman–Crippen MR) is 102 cm³/mol. The normalized spacial score (nSPS) is 28.1. The van der Waals surface area contributed by atoms with E-state index in [1.807, 2.05) is 25.1 Å². The van der Waals surface area contributed by atoms with Crippen LogP contribution in [0.5, 0.6) is 5.75 Å². The maximum atomic E-state index is 13.1. The van der Waals surface area contributed by atoms with E-state index in [4.69, 9.17) is 4.74 Å². The molecule has 0 saturated carbocycles. The van der Waals surface area contributed by atoms with Gasteiger partial charge in [-0.25, -0.2) is 0 Å². The Morgan fingerprint density at radius 1 is 1.38 bits per heavy atom. The van der Waals surface area contributed by atoms with Crippen molar-refractivity contribution in [3.63, 3.8) is 0 Å². The summed E-state index contributed by atoms with van der Waals surface area (Å²) < 4.78 is 5.38. The first kappa shape index (κ1) is 17.3. The summed E-state index contributed by atoms with van der Waals surface area (Å²) in [7, 11) is 3.77. The first-order chi connectivity index (χ1) is 12.6. The van der Waals surface area contributed by atoms with Crippen LogP contribution in [0.1, 0.15) is 29.4 Å². The Balaban J connectivity index is 1.89. The lowest BCUT2D eigenvalue weighted by Gasteiger charge is -2.46. The number of benzene rings is 1. The van der Waals surface area contributed by atoms with Gasteiger partial charge >= 0.3 is 0 Å². The molecule has 3 atom stereocenters. The van der Waals surface area contributed by atoms with Crippen molar-refractivity contribution in [3.05, 3.63) is 41.1 Å². The van der Waals surface area contributed by atoms with Crippen LogP contribution in [-0.2, 0) is 6.42 Å². The van der Waals surface area contributed by atoms with E-state index in [0.29, 0.717) is 6.42 Å². The zero-order valence-electron chi connectivity index (χ0n) is 15.6. The number of methoxy groups -OCH3 is 1. The Morgan fingerprint density at radius 2 is 2.19 bits per heavy atom. The van der Waals surface area contributed by atoms with Gasteiger partial charge in [0.2, 0.25) is 0 Å². The average molecular weight is 354 g/mol. The standard InChI is InChI=1S/C21H26N2O3/c1-4-12-10-23(2)19-8-16-15-7-13(26-3)5-6-18(15)22-21(16)20(25)9-14(12)17(19)11-24/h4-7,14,17,19,22,24H,8-11H2,1-3H3/t14-,17?,19+/m1/s1. The Labute approximate surface area is 153 Å². The molecular formula is C21H26N2O3. The van der Waals surface area contributed by atoms with E-state index < -0.39 is 0 Å². The number of carbonyl (C=O) groups is 1. The number of allylic oxidation sites excluding steroid dienone is 1. The molecule has 1 unspecified atom stereocenters. The van der Waals surface area contributed by atoms with Gasteiger partial charge in [-0.3, -0.25) is 9.69 Å². The summed E-state index contributed by atoms with van der Waals surface area (Å²) in [5, 5.41) is 11.2. The molecule has 1 aromatic heterocycles. The zero-order valence-corrected chi connectivity index (χ0v) is 15.6. The number of aromatic nitrogens is 1. The number of hydrogen-bond acceptors (Lipinski definition) is 4. The summed E-state index contributed by atoms with van der Waals surface area (Å²) in [5.41, 5.74) is 4.01. The van der Waals surface area contributed by atoms with Crippen LogP contribution < -0.4 is 4.74 Å². The number of nitrogens with zero attached hydrogens (tertiary/aromatic N) is 1. The summed E-state index contributed by atoms with van der Waals surface area (Å²) in [6, 6.07) is 6.11. The quantitative estimate of drug-likeness (QED) is 0.814. The van der Waals surface area contributed by atoms with Crippen LogP contribution in [0, 0.1) is 11.8 Å². The molecule has 5 heteroatoms. The third kappa shape index (κ3) is 2.58. The van der Waals surface area contributed by atoms with Crippen LogP contribution in [0.3, 0.4) is 0 Å². The van der Waals surface area contributed by atoms with Gasteiger partial charge in [-0.1, -0.05) is 11.6 Å². The Bertz CT molecular complexity index is 883. The summed E-state index contributed by atoms with van der Waals surface area (Å²) in [6.45, 7) is 2.99. The second kappa shape index (κ2) is 6.56. The lowest BCUT2D eigenvalue weighted by molar-refractivity contribution is 0.0518. The van der Waals surface area contributed by atoms with Gasteiger partial charge in [-0.05, 0) is 50.1 Å². The molecule has 2 heterocycles. The molecule has 0 spiro atoms. The number of nitrogens with one attached hydrogen (secondary N) is 1. The maximum Gasteiger partial charge on any atom is 0.179 e. The fourth-order valence-corrected chi connectivity index (χ4v) is 4.85. The fraction of sp³-hybridized carbons (Fsp3) is 0.476. The van der Waals surface area contributed by atoms with Crippen molar-refractivity contribution in [2.75, 3.05) is 27.3 Å². The third-order valence-electron chi connectivity index (χ3n) is 6.28. The van der Waals surface area contributed by atoms with Crippen molar-refractivity contribution in [1.82, 2.24) is 9.88 Å². The summed E-state index contributed by atoms with van der Waals surface area (Å²) in [6.07, 6.45) is 3.32.